The summed E-state index contributed by atoms with van der Waals surface area (Å²) in [4.78, 5) is 28.6. The number of benzene rings is 1. The molecule has 0 saturated carbocycles. The van der Waals surface area contributed by atoms with Crippen molar-refractivity contribution in [2.75, 3.05) is 7.05 Å². The number of hydrogen-bond donors (Lipinski definition) is 0. The Morgan fingerprint density at radius 3 is 2.63 bits per heavy atom. The lowest BCUT2D eigenvalue weighted by molar-refractivity contribution is 0.0783. The second-order valence-corrected chi connectivity index (χ2v) is 4.19. The van der Waals surface area contributed by atoms with Gasteiger partial charge in [-0.3, -0.25) is 14.6 Å². The van der Waals surface area contributed by atoms with Crippen molar-refractivity contribution in [3.05, 3.63) is 65.5 Å². The summed E-state index contributed by atoms with van der Waals surface area (Å²) >= 11 is 0. The van der Waals surface area contributed by atoms with Crippen LogP contribution >= 0.6 is 0 Å². The van der Waals surface area contributed by atoms with E-state index in [0.29, 0.717) is 24.1 Å². The summed E-state index contributed by atoms with van der Waals surface area (Å²) < 4.78 is 0. The van der Waals surface area contributed by atoms with E-state index in [1.165, 1.54) is 0 Å². The summed E-state index contributed by atoms with van der Waals surface area (Å²) in [6, 6.07) is 12.6. The van der Waals surface area contributed by atoms with Crippen LogP contribution in [0.15, 0.2) is 48.7 Å². The Labute approximate surface area is 111 Å². The minimum Gasteiger partial charge on any atom is -0.337 e. The molecule has 0 saturated heterocycles. The van der Waals surface area contributed by atoms with Crippen LogP contribution < -0.4 is 0 Å². The zero-order valence-electron chi connectivity index (χ0n) is 10.6. The van der Waals surface area contributed by atoms with Gasteiger partial charge in [0.25, 0.3) is 5.91 Å². The van der Waals surface area contributed by atoms with Crippen molar-refractivity contribution in [3.8, 4) is 0 Å². The molecule has 1 amide bonds. The molecule has 0 radical (unpaired) electrons. The highest BCUT2D eigenvalue weighted by atomic mass is 16.2. The fraction of sp³-hybridized carbons (Fsp3) is 0.133. The molecule has 0 spiro atoms. The first-order valence-corrected chi connectivity index (χ1v) is 5.92. The van der Waals surface area contributed by atoms with Crippen LogP contribution in [0.4, 0.5) is 0 Å². The number of aldehydes is 1. The number of hydrogen-bond acceptors (Lipinski definition) is 3. The van der Waals surface area contributed by atoms with Crippen molar-refractivity contribution in [3.63, 3.8) is 0 Å². The number of rotatable bonds is 4. The third-order valence-electron chi connectivity index (χ3n) is 2.81. The Morgan fingerprint density at radius 2 is 1.95 bits per heavy atom. The molecule has 0 aliphatic heterocycles. The number of aromatic nitrogens is 1. The maximum atomic E-state index is 12.2. The average Bonchev–Trinajstić information content (AvgIpc) is 2.48. The monoisotopic (exact) mass is 254 g/mol. The smallest absolute Gasteiger partial charge is 0.253 e. The van der Waals surface area contributed by atoms with Gasteiger partial charge in [0, 0.05) is 30.9 Å². The van der Waals surface area contributed by atoms with Crippen LogP contribution in [-0.2, 0) is 6.54 Å². The van der Waals surface area contributed by atoms with E-state index in [-0.39, 0.29) is 5.91 Å². The largest absolute Gasteiger partial charge is 0.337 e. The van der Waals surface area contributed by atoms with Gasteiger partial charge in [-0.05, 0) is 18.2 Å². The summed E-state index contributed by atoms with van der Waals surface area (Å²) in [5.41, 5.74) is 1.74. The molecule has 0 fully saturated rings. The van der Waals surface area contributed by atoms with Crippen LogP contribution in [0, 0.1) is 0 Å². The van der Waals surface area contributed by atoms with Crippen molar-refractivity contribution >= 4 is 12.2 Å². The third kappa shape index (κ3) is 3.04. The molecule has 1 aromatic heterocycles. The van der Waals surface area contributed by atoms with E-state index in [4.69, 9.17) is 0 Å². The molecule has 1 aromatic carbocycles. The molecule has 0 N–H and O–H groups in total. The van der Waals surface area contributed by atoms with Gasteiger partial charge in [0.05, 0.1) is 0 Å². The molecule has 96 valence electrons. The lowest BCUT2D eigenvalue weighted by atomic mass is 10.1. The highest BCUT2D eigenvalue weighted by Gasteiger charge is 2.13. The molecule has 2 rings (SSSR count). The summed E-state index contributed by atoms with van der Waals surface area (Å²) in [6.45, 7) is 0.357. The predicted octanol–water partition coefficient (Wildman–Crippen LogP) is 2.17. The first kappa shape index (κ1) is 13.0. The minimum absolute atomic E-state index is 0.0821. The van der Waals surface area contributed by atoms with Gasteiger partial charge in [-0.2, -0.15) is 0 Å². The molecular weight excluding hydrogens is 240 g/mol. The normalized spacial score (nSPS) is 9.95. The van der Waals surface area contributed by atoms with Crippen LogP contribution in [0.1, 0.15) is 26.4 Å². The Balaban J connectivity index is 2.15. The van der Waals surface area contributed by atoms with Gasteiger partial charge >= 0.3 is 0 Å². The van der Waals surface area contributed by atoms with E-state index >= 15 is 0 Å². The summed E-state index contributed by atoms with van der Waals surface area (Å²) in [6.07, 6.45) is 2.27. The van der Waals surface area contributed by atoms with Gasteiger partial charge in [0.1, 0.15) is 5.69 Å². The fourth-order valence-electron chi connectivity index (χ4n) is 1.82. The molecular formula is C15H14N2O2. The second kappa shape index (κ2) is 5.91. The molecule has 0 aliphatic carbocycles. The summed E-state index contributed by atoms with van der Waals surface area (Å²) in [5.74, 6) is -0.0821. The molecule has 4 nitrogen and oxygen atoms in total. The van der Waals surface area contributed by atoms with Gasteiger partial charge in [-0.1, -0.05) is 24.3 Å². The molecule has 0 atom stereocenters. The SMILES string of the molecule is CN(Cc1cccnc1C=O)C(=O)c1ccccc1. The van der Waals surface area contributed by atoms with Crippen LogP contribution in [0.2, 0.25) is 0 Å². The van der Waals surface area contributed by atoms with Crippen LogP contribution in [-0.4, -0.2) is 29.1 Å². The number of pyridine rings is 1. The highest BCUT2D eigenvalue weighted by Crippen LogP contribution is 2.09. The van der Waals surface area contributed by atoms with Crippen molar-refractivity contribution < 1.29 is 9.59 Å². The zero-order chi connectivity index (χ0) is 13.7. The molecule has 2 aromatic rings. The average molecular weight is 254 g/mol. The molecule has 19 heavy (non-hydrogen) atoms. The van der Waals surface area contributed by atoms with Crippen LogP contribution in [0.3, 0.4) is 0 Å². The first-order valence-electron chi connectivity index (χ1n) is 5.92. The standard InChI is InChI=1S/C15H14N2O2/c1-17(15(19)12-6-3-2-4-7-12)10-13-8-5-9-16-14(13)11-18/h2-9,11H,10H2,1H3. The molecule has 4 heteroatoms. The second-order valence-electron chi connectivity index (χ2n) is 4.19. The van der Waals surface area contributed by atoms with Crippen molar-refractivity contribution in [1.29, 1.82) is 0 Å². The number of carbonyl (C=O) groups excluding carboxylic acids is 2. The maximum Gasteiger partial charge on any atom is 0.253 e. The molecule has 0 bridgehead atoms. The highest BCUT2D eigenvalue weighted by molar-refractivity contribution is 5.94. The van der Waals surface area contributed by atoms with Gasteiger partial charge in [0.2, 0.25) is 0 Å². The van der Waals surface area contributed by atoms with Crippen molar-refractivity contribution in [2.45, 2.75) is 6.54 Å². The van der Waals surface area contributed by atoms with E-state index in [2.05, 4.69) is 4.98 Å². The lowest BCUT2D eigenvalue weighted by Crippen LogP contribution is -2.26. The molecule has 1 heterocycles. The van der Waals surface area contributed by atoms with Crippen molar-refractivity contribution in [1.82, 2.24) is 9.88 Å². The Hall–Kier alpha value is -2.49. The van der Waals surface area contributed by atoms with Gasteiger partial charge in [0.15, 0.2) is 6.29 Å². The molecule has 0 unspecified atom stereocenters. The Bertz CT molecular complexity index is 582. The van der Waals surface area contributed by atoms with E-state index < -0.39 is 0 Å². The fourth-order valence-corrected chi connectivity index (χ4v) is 1.82. The quantitative estimate of drug-likeness (QED) is 0.786. The maximum absolute atomic E-state index is 12.2. The minimum atomic E-state index is -0.0821. The topological polar surface area (TPSA) is 50.3 Å². The van der Waals surface area contributed by atoms with E-state index in [1.54, 1.807) is 42.4 Å². The summed E-state index contributed by atoms with van der Waals surface area (Å²) in [5, 5.41) is 0. The van der Waals surface area contributed by atoms with E-state index in [9.17, 15) is 9.59 Å². The Morgan fingerprint density at radius 1 is 1.21 bits per heavy atom. The third-order valence-corrected chi connectivity index (χ3v) is 2.81. The number of nitrogens with zero attached hydrogens (tertiary/aromatic N) is 2. The van der Waals surface area contributed by atoms with E-state index in [0.717, 1.165) is 5.56 Å². The van der Waals surface area contributed by atoms with Gasteiger partial charge in [-0.25, -0.2) is 0 Å². The first-order chi connectivity index (χ1) is 9.22. The Kier molecular flexibility index (Phi) is 4.03. The van der Waals surface area contributed by atoms with Gasteiger partial charge < -0.3 is 4.90 Å². The van der Waals surface area contributed by atoms with E-state index in [1.807, 2.05) is 18.2 Å². The van der Waals surface area contributed by atoms with Gasteiger partial charge in [-0.15, -0.1) is 0 Å². The van der Waals surface area contributed by atoms with Crippen LogP contribution in [0.5, 0.6) is 0 Å². The summed E-state index contributed by atoms with van der Waals surface area (Å²) in [7, 11) is 1.71. The number of amides is 1. The van der Waals surface area contributed by atoms with Crippen molar-refractivity contribution in [2.24, 2.45) is 0 Å². The zero-order valence-corrected chi connectivity index (χ0v) is 10.6. The molecule has 0 aliphatic rings. The lowest BCUT2D eigenvalue weighted by Gasteiger charge is -2.17. The predicted molar refractivity (Wildman–Crippen MR) is 71.9 cm³/mol. The van der Waals surface area contributed by atoms with Crippen LogP contribution in [0.25, 0.3) is 0 Å². The number of carbonyl (C=O) groups is 2.